The number of aromatic nitrogens is 1. The molecule has 0 unspecified atom stereocenters. The van der Waals surface area contributed by atoms with Crippen molar-refractivity contribution in [3.05, 3.63) is 58.4 Å². The Bertz CT molecular complexity index is 772. The second-order valence-corrected chi connectivity index (χ2v) is 7.46. The minimum absolute atomic E-state index is 0.0799. The average molecular weight is 373 g/mol. The molecule has 0 saturated carbocycles. The highest BCUT2D eigenvalue weighted by Crippen LogP contribution is 2.17. The van der Waals surface area contributed by atoms with Crippen LogP contribution in [0.5, 0.6) is 0 Å². The largest absolute Gasteiger partial charge is 0.347 e. The Morgan fingerprint density at radius 1 is 0.962 bits per heavy atom. The molecule has 1 aliphatic heterocycles. The minimum atomic E-state index is -0.102. The molecule has 0 atom stereocenters. The summed E-state index contributed by atoms with van der Waals surface area (Å²) < 4.78 is 1.73. The van der Waals surface area contributed by atoms with Gasteiger partial charge in [0, 0.05) is 29.4 Å². The Hall–Kier alpha value is -1.91. The standard InChI is InChI=1S/C21H25ClN2O2/c1-23-14-17(20(25)15-24-11-5-3-2-4-6-12-24)13-19(23)21(26)16-7-9-18(22)10-8-16/h7-10,13-14H,2-6,11-12,15H2,1H3. The van der Waals surface area contributed by atoms with E-state index in [1.807, 2.05) is 0 Å². The van der Waals surface area contributed by atoms with Gasteiger partial charge in [0.2, 0.25) is 5.78 Å². The molecule has 0 aliphatic carbocycles. The molecule has 5 heteroatoms. The number of rotatable bonds is 5. The van der Waals surface area contributed by atoms with Crippen molar-refractivity contribution in [1.29, 1.82) is 0 Å². The Labute approximate surface area is 159 Å². The molecule has 0 bridgehead atoms. The van der Waals surface area contributed by atoms with Gasteiger partial charge in [-0.3, -0.25) is 14.5 Å². The summed E-state index contributed by atoms with van der Waals surface area (Å²) in [4.78, 5) is 27.6. The lowest BCUT2D eigenvalue weighted by molar-refractivity contribution is 0.0924. The number of likely N-dealkylation sites (tertiary alicyclic amines) is 1. The molecule has 0 amide bonds. The zero-order valence-electron chi connectivity index (χ0n) is 15.2. The molecule has 3 rings (SSSR count). The zero-order chi connectivity index (χ0) is 18.5. The lowest BCUT2D eigenvalue weighted by Crippen LogP contribution is -2.32. The maximum Gasteiger partial charge on any atom is 0.209 e. The molecule has 1 aromatic heterocycles. The van der Waals surface area contributed by atoms with Crippen molar-refractivity contribution >= 4 is 23.2 Å². The lowest BCUT2D eigenvalue weighted by Gasteiger charge is -2.23. The van der Waals surface area contributed by atoms with Gasteiger partial charge in [0.1, 0.15) is 0 Å². The Morgan fingerprint density at radius 3 is 2.23 bits per heavy atom. The molecule has 1 saturated heterocycles. The number of aryl methyl sites for hydroxylation is 1. The fraction of sp³-hybridized carbons (Fsp3) is 0.429. The van der Waals surface area contributed by atoms with Crippen LogP contribution in [-0.2, 0) is 7.05 Å². The summed E-state index contributed by atoms with van der Waals surface area (Å²) in [7, 11) is 1.80. The first-order valence-electron chi connectivity index (χ1n) is 9.27. The molecule has 1 aliphatic rings. The highest BCUT2D eigenvalue weighted by atomic mass is 35.5. The quantitative estimate of drug-likeness (QED) is 0.732. The Kier molecular flexibility index (Phi) is 6.28. The first kappa shape index (κ1) is 18.9. The smallest absolute Gasteiger partial charge is 0.209 e. The fourth-order valence-electron chi connectivity index (χ4n) is 3.46. The van der Waals surface area contributed by atoms with Crippen LogP contribution in [0.25, 0.3) is 0 Å². The SMILES string of the molecule is Cn1cc(C(=O)CN2CCCCCCC2)cc1C(=O)c1ccc(Cl)cc1. The molecule has 2 aromatic rings. The van der Waals surface area contributed by atoms with Gasteiger partial charge in [-0.1, -0.05) is 30.9 Å². The summed E-state index contributed by atoms with van der Waals surface area (Å²) in [5.74, 6) is -0.0224. The third-order valence-electron chi connectivity index (χ3n) is 4.98. The van der Waals surface area contributed by atoms with Crippen LogP contribution in [0.1, 0.15) is 58.5 Å². The molecule has 0 radical (unpaired) electrons. The van der Waals surface area contributed by atoms with Crippen molar-refractivity contribution in [2.24, 2.45) is 7.05 Å². The molecule has 1 aromatic carbocycles. The van der Waals surface area contributed by atoms with Crippen LogP contribution in [0, 0.1) is 0 Å². The predicted octanol–water partition coefficient (Wildman–Crippen LogP) is 4.36. The summed E-state index contributed by atoms with van der Waals surface area (Å²) in [6, 6.07) is 8.53. The highest BCUT2D eigenvalue weighted by Gasteiger charge is 2.19. The van der Waals surface area contributed by atoms with Crippen LogP contribution in [0.4, 0.5) is 0 Å². The van der Waals surface area contributed by atoms with Crippen molar-refractivity contribution in [3.63, 3.8) is 0 Å². The molecule has 4 nitrogen and oxygen atoms in total. The summed E-state index contributed by atoms with van der Waals surface area (Å²) in [5, 5.41) is 0.595. The normalized spacial score (nSPS) is 16.1. The maximum atomic E-state index is 12.7. The number of carbonyl (C=O) groups is 2. The van der Waals surface area contributed by atoms with E-state index in [-0.39, 0.29) is 11.6 Å². The van der Waals surface area contributed by atoms with Crippen molar-refractivity contribution in [2.75, 3.05) is 19.6 Å². The van der Waals surface area contributed by atoms with E-state index in [0.29, 0.717) is 28.4 Å². The van der Waals surface area contributed by atoms with Gasteiger partial charge in [-0.15, -0.1) is 0 Å². The van der Waals surface area contributed by atoms with Crippen molar-refractivity contribution in [2.45, 2.75) is 32.1 Å². The van der Waals surface area contributed by atoms with Crippen molar-refractivity contribution in [1.82, 2.24) is 9.47 Å². The van der Waals surface area contributed by atoms with E-state index in [2.05, 4.69) is 4.90 Å². The average Bonchev–Trinajstić information content (AvgIpc) is 2.99. The second kappa shape index (κ2) is 8.65. The Balaban J connectivity index is 1.71. The van der Waals surface area contributed by atoms with Gasteiger partial charge < -0.3 is 4.57 Å². The van der Waals surface area contributed by atoms with Crippen LogP contribution in [0.15, 0.2) is 36.5 Å². The van der Waals surface area contributed by atoms with Crippen LogP contribution < -0.4 is 0 Å². The third-order valence-corrected chi connectivity index (χ3v) is 5.23. The molecule has 26 heavy (non-hydrogen) atoms. The van der Waals surface area contributed by atoms with Gasteiger partial charge in [0.15, 0.2) is 5.78 Å². The Morgan fingerprint density at radius 2 is 1.58 bits per heavy atom. The summed E-state index contributed by atoms with van der Waals surface area (Å²) in [5.41, 5.74) is 1.69. The van der Waals surface area contributed by atoms with E-state index in [1.54, 1.807) is 48.1 Å². The van der Waals surface area contributed by atoms with Crippen LogP contribution in [0.3, 0.4) is 0 Å². The highest BCUT2D eigenvalue weighted by molar-refractivity contribution is 6.30. The number of nitrogens with zero attached hydrogens (tertiary/aromatic N) is 2. The van der Waals surface area contributed by atoms with E-state index < -0.39 is 0 Å². The first-order valence-corrected chi connectivity index (χ1v) is 9.64. The molecule has 2 heterocycles. The molecule has 138 valence electrons. The second-order valence-electron chi connectivity index (χ2n) is 7.03. The predicted molar refractivity (Wildman–Crippen MR) is 104 cm³/mol. The minimum Gasteiger partial charge on any atom is -0.347 e. The van der Waals surface area contributed by atoms with E-state index >= 15 is 0 Å². The number of hydrogen-bond donors (Lipinski definition) is 0. The number of ketones is 2. The van der Waals surface area contributed by atoms with E-state index in [0.717, 1.165) is 25.9 Å². The van der Waals surface area contributed by atoms with Crippen LogP contribution in [0.2, 0.25) is 5.02 Å². The molecule has 0 N–H and O–H groups in total. The summed E-state index contributed by atoms with van der Waals surface area (Å²) >= 11 is 5.89. The first-order chi connectivity index (χ1) is 12.5. The lowest BCUT2D eigenvalue weighted by atomic mass is 10.1. The number of carbonyl (C=O) groups excluding carboxylic acids is 2. The monoisotopic (exact) mass is 372 g/mol. The number of benzene rings is 1. The maximum absolute atomic E-state index is 12.7. The molecular formula is C21H25ClN2O2. The number of halogens is 1. The van der Waals surface area contributed by atoms with E-state index in [1.165, 1.54) is 19.3 Å². The number of hydrogen-bond acceptors (Lipinski definition) is 3. The van der Waals surface area contributed by atoms with Gasteiger partial charge in [-0.05, 0) is 56.3 Å². The van der Waals surface area contributed by atoms with Gasteiger partial charge in [-0.25, -0.2) is 0 Å². The van der Waals surface area contributed by atoms with E-state index in [9.17, 15) is 9.59 Å². The topological polar surface area (TPSA) is 42.3 Å². The summed E-state index contributed by atoms with van der Waals surface area (Å²) in [6.45, 7) is 2.39. The molecule has 0 spiro atoms. The zero-order valence-corrected chi connectivity index (χ0v) is 16.0. The van der Waals surface area contributed by atoms with Gasteiger partial charge in [0.05, 0.1) is 12.2 Å². The molecular weight excluding hydrogens is 348 g/mol. The van der Waals surface area contributed by atoms with Gasteiger partial charge in [-0.2, -0.15) is 0 Å². The fourth-order valence-corrected chi connectivity index (χ4v) is 3.58. The van der Waals surface area contributed by atoms with Gasteiger partial charge >= 0.3 is 0 Å². The van der Waals surface area contributed by atoms with Crippen molar-refractivity contribution in [3.8, 4) is 0 Å². The summed E-state index contributed by atoms with van der Waals surface area (Å²) in [6.07, 6.45) is 7.86. The van der Waals surface area contributed by atoms with Gasteiger partial charge in [0.25, 0.3) is 0 Å². The third kappa shape index (κ3) is 4.63. The molecule has 1 fully saturated rings. The van der Waals surface area contributed by atoms with Crippen LogP contribution in [-0.4, -0.2) is 40.7 Å². The van der Waals surface area contributed by atoms with Crippen LogP contribution >= 0.6 is 11.6 Å². The number of Topliss-reactive ketones (excluding diaryl/α,β-unsaturated/α-hetero) is 1. The van der Waals surface area contributed by atoms with E-state index in [4.69, 9.17) is 11.6 Å². The van der Waals surface area contributed by atoms with Crippen molar-refractivity contribution < 1.29 is 9.59 Å².